The average Bonchev–Trinajstić information content (AvgIpc) is 2.95. The Labute approximate surface area is 169 Å². The molecule has 4 rings (SSSR count). The highest BCUT2D eigenvalue weighted by Gasteiger charge is 2.25. The first-order valence-electron chi connectivity index (χ1n) is 9.80. The van der Waals surface area contributed by atoms with E-state index in [0.29, 0.717) is 23.8 Å². The maximum absolute atomic E-state index is 13.8. The monoisotopic (exact) mass is 400 g/mol. The third-order valence-electron chi connectivity index (χ3n) is 5.44. The van der Waals surface area contributed by atoms with E-state index in [1.807, 2.05) is 23.9 Å². The number of carbonyl (C=O) groups excluding carboxylic acids is 1. The minimum absolute atomic E-state index is 0.172. The van der Waals surface area contributed by atoms with Gasteiger partial charge in [-0.2, -0.15) is 11.8 Å². The molecule has 2 aromatic rings. The van der Waals surface area contributed by atoms with Crippen molar-refractivity contribution in [3.05, 3.63) is 65.0 Å². The van der Waals surface area contributed by atoms with E-state index >= 15 is 0 Å². The molecule has 28 heavy (non-hydrogen) atoms. The molecular weight excluding hydrogens is 375 g/mol. The predicted molar refractivity (Wildman–Crippen MR) is 110 cm³/mol. The molecule has 2 aliphatic heterocycles. The van der Waals surface area contributed by atoms with Crippen molar-refractivity contribution in [2.75, 3.05) is 24.7 Å². The van der Waals surface area contributed by atoms with Gasteiger partial charge in [0.1, 0.15) is 18.2 Å². The number of thioether (sulfide) groups is 1. The Kier molecular flexibility index (Phi) is 6.17. The van der Waals surface area contributed by atoms with Gasteiger partial charge in [0.15, 0.2) is 0 Å². The first kappa shape index (κ1) is 19.3. The number of rotatable bonds is 4. The first-order valence-corrected chi connectivity index (χ1v) is 11.0. The van der Waals surface area contributed by atoms with E-state index in [1.165, 1.54) is 30.4 Å². The van der Waals surface area contributed by atoms with Crippen LogP contribution in [0.15, 0.2) is 42.5 Å². The van der Waals surface area contributed by atoms with Crippen LogP contribution in [-0.4, -0.2) is 41.5 Å². The van der Waals surface area contributed by atoms with Gasteiger partial charge in [0, 0.05) is 42.4 Å². The summed E-state index contributed by atoms with van der Waals surface area (Å²) in [5, 5.41) is 2.82. The molecule has 2 heterocycles. The Morgan fingerprint density at radius 3 is 2.86 bits per heavy atom. The maximum Gasteiger partial charge on any atom is 0.251 e. The molecule has 0 spiro atoms. The van der Waals surface area contributed by atoms with Crippen LogP contribution in [0.3, 0.4) is 0 Å². The van der Waals surface area contributed by atoms with Gasteiger partial charge in [-0.1, -0.05) is 18.2 Å². The van der Waals surface area contributed by atoms with Gasteiger partial charge in [-0.05, 0) is 48.6 Å². The topological polar surface area (TPSA) is 41.6 Å². The van der Waals surface area contributed by atoms with Gasteiger partial charge in [0.25, 0.3) is 5.91 Å². The number of nitrogens with zero attached hydrogens (tertiary/aromatic N) is 1. The zero-order valence-corrected chi connectivity index (χ0v) is 16.6. The fourth-order valence-electron chi connectivity index (χ4n) is 3.84. The summed E-state index contributed by atoms with van der Waals surface area (Å²) in [5.74, 6) is 2.79. The average molecular weight is 401 g/mol. The molecule has 4 nitrogen and oxygen atoms in total. The lowest BCUT2D eigenvalue weighted by atomic mass is 10.1. The molecule has 148 valence electrons. The molecule has 1 saturated heterocycles. The SMILES string of the molecule is O=C(NCc1ccccc1F)c1ccc2c(c1)CN(C1CCSCC1)CCO2. The Hall–Kier alpha value is -2.05. The molecule has 0 saturated carbocycles. The predicted octanol–water partition coefficient (Wildman–Crippen LogP) is 3.85. The van der Waals surface area contributed by atoms with Crippen molar-refractivity contribution < 1.29 is 13.9 Å². The molecule has 0 unspecified atom stereocenters. The van der Waals surface area contributed by atoms with Crippen LogP contribution >= 0.6 is 11.8 Å². The van der Waals surface area contributed by atoms with Crippen molar-refractivity contribution in [2.45, 2.75) is 32.0 Å². The normalized spacial score (nSPS) is 18.0. The number of ether oxygens (including phenoxy) is 1. The Morgan fingerprint density at radius 2 is 2.04 bits per heavy atom. The van der Waals surface area contributed by atoms with Crippen LogP contribution in [0.2, 0.25) is 0 Å². The van der Waals surface area contributed by atoms with Crippen molar-refractivity contribution in [3.63, 3.8) is 0 Å². The molecule has 0 radical (unpaired) electrons. The quantitative estimate of drug-likeness (QED) is 0.847. The third-order valence-corrected chi connectivity index (χ3v) is 6.49. The maximum atomic E-state index is 13.8. The second kappa shape index (κ2) is 8.97. The van der Waals surface area contributed by atoms with Crippen LogP contribution in [-0.2, 0) is 13.1 Å². The van der Waals surface area contributed by atoms with Gasteiger partial charge >= 0.3 is 0 Å². The molecule has 1 amide bonds. The summed E-state index contributed by atoms with van der Waals surface area (Å²) in [6.07, 6.45) is 2.42. The van der Waals surface area contributed by atoms with Crippen LogP contribution in [0, 0.1) is 5.82 Å². The first-order chi connectivity index (χ1) is 13.7. The number of carbonyl (C=O) groups is 1. The highest BCUT2D eigenvalue weighted by molar-refractivity contribution is 7.99. The zero-order valence-electron chi connectivity index (χ0n) is 15.8. The largest absolute Gasteiger partial charge is 0.492 e. The number of hydrogen-bond acceptors (Lipinski definition) is 4. The molecule has 0 aliphatic carbocycles. The minimum Gasteiger partial charge on any atom is -0.492 e. The van der Waals surface area contributed by atoms with Gasteiger partial charge in [-0.3, -0.25) is 9.69 Å². The summed E-state index contributed by atoms with van der Waals surface area (Å²) in [7, 11) is 0. The van der Waals surface area contributed by atoms with E-state index in [0.717, 1.165) is 24.4 Å². The Bertz CT molecular complexity index is 839. The number of fused-ring (bicyclic) bond motifs is 1. The zero-order chi connectivity index (χ0) is 19.3. The molecule has 0 atom stereocenters. The summed E-state index contributed by atoms with van der Waals surface area (Å²) in [6, 6.07) is 12.7. The molecule has 0 aromatic heterocycles. The van der Waals surface area contributed by atoms with Crippen LogP contribution in [0.5, 0.6) is 5.75 Å². The minimum atomic E-state index is -0.306. The highest BCUT2D eigenvalue weighted by atomic mass is 32.2. The number of halogens is 1. The van der Waals surface area contributed by atoms with Crippen LogP contribution < -0.4 is 10.1 Å². The summed E-state index contributed by atoms with van der Waals surface area (Å²) < 4.78 is 19.7. The van der Waals surface area contributed by atoms with Crippen LogP contribution in [0.25, 0.3) is 0 Å². The van der Waals surface area contributed by atoms with Crippen molar-refractivity contribution in [3.8, 4) is 5.75 Å². The van der Waals surface area contributed by atoms with E-state index in [-0.39, 0.29) is 18.3 Å². The lowest BCUT2D eigenvalue weighted by molar-refractivity contribution is 0.0950. The lowest BCUT2D eigenvalue weighted by Crippen LogP contribution is -2.38. The van der Waals surface area contributed by atoms with Gasteiger partial charge in [0.05, 0.1) is 0 Å². The van der Waals surface area contributed by atoms with Gasteiger partial charge in [-0.15, -0.1) is 0 Å². The van der Waals surface area contributed by atoms with Gasteiger partial charge < -0.3 is 10.1 Å². The summed E-state index contributed by atoms with van der Waals surface area (Å²) >= 11 is 2.03. The second-order valence-corrected chi connectivity index (χ2v) is 8.48. The smallest absolute Gasteiger partial charge is 0.251 e. The molecule has 1 N–H and O–H groups in total. The summed E-state index contributed by atoms with van der Waals surface area (Å²) in [5.41, 5.74) is 2.12. The number of nitrogens with one attached hydrogen (secondary N) is 1. The summed E-state index contributed by atoms with van der Waals surface area (Å²) in [4.78, 5) is 15.1. The van der Waals surface area contributed by atoms with Crippen LogP contribution in [0.4, 0.5) is 4.39 Å². The number of benzene rings is 2. The third kappa shape index (κ3) is 4.50. The second-order valence-electron chi connectivity index (χ2n) is 7.26. The molecule has 1 fully saturated rings. The van der Waals surface area contributed by atoms with Crippen molar-refractivity contribution >= 4 is 17.7 Å². The van der Waals surface area contributed by atoms with Crippen molar-refractivity contribution in [1.29, 1.82) is 0 Å². The molecule has 2 aliphatic rings. The highest BCUT2D eigenvalue weighted by Crippen LogP contribution is 2.29. The molecule has 0 bridgehead atoms. The molecule has 2 aromatic carbocycles. The number of amides is 1. The fraction of sp³-hybridized carbons (Fsp3) is 0.409. The van der Waals surface area contributed by atoms with E-state index < -0.39 is 0 Å². The Balaban J connectivity index is 1.45. The fourth-order valence-corrected chi connectivity index (χ4v) is 4.92. The van der Waals surface area contributed by atoms with E-state index in [9.17, 15) is 9.18 Å². The van der Waals surface area contributed by atoms with Crippen molar-refractivity contribution in [2.24, 2.45) is 0 Å². The number of hydrogen-bond donors (Lipinski definition) is 1. The molecular formula is C22H25FN2O2S. The summed E-state index contributed by atoms with van der Waals surface area (Å²) in [6.45, 7) is 2.57. The lowest BCUT2D eigenvalue weighted by Gasteiger charge is -2.32. The van der Waals surface area contributed by atoms with E-state index in [1.54, 1.807) is 24.3 Å². The molecule has 6 heteroatoms. The standard InChI is InChI=1S/C22H25FN2O2S/c23-20-4-2-1-3-17(20)14-24-22(26)16-5-6-21-18(13-16)15-25(9-10-27-21)19-7-11-28-12-8-19/h1-6,13,19H,7-12,14-15H2,(H,24,26). The van der Waals surface area contributed by atoms with Crippen molar-refractivity contribution in [1.82, 2.24) is 10.2 Å². The van der Waals surface area contributed by atoms with Crippen LogP contribution in [0.1, 0.15) is 34.3 Å². The van der Waals surface area contributed by atoms with Gasteiger partial charge in [-0.25, -0.2) is 4.39 Å². The Morgan fingerprint density at radius 1 is 1.21 bits per heavy atom. The van der Waals surface area contributed by atoms with E-state index in [2.05, 4.69) is 10.2 Å². The van der Waals surface area contributed by atoms with Gasteiger partial charge in [0.2, 0.25) is 0 Å². The van der Waals surface area contributed by atoms with E-state index in [4.69, 9.17) is 4.74 Å².